The lowest BCUT2D eigenvalue weighted by molar-refractivity contribution is 0.0204. The molecular formula is C10H14N2O3. The summed E-state index contributed by atoms with van der Waals surface area (Å²) in [7, 11) is 0. The molecule has 0 bridgehead atoms. The molecule has 1 rings (SSSR count). The summed E-state index contributed by atoms with van der Waals surface area (Å²) in [4.78, 5) is 29.6. The van der Waals surface area contributed by atoms with Crippen LogP contribution in [0.5, 0.6) is 0 Å². The minimum atomic E-state index is -0.451. The highest BCUT2D eigenvalue weighted by Crippen LogP contribution is 1.93. The number of hydrogen-bond acceptors (Lipinski definition) is 3. The summed E-state index contributed by atoms with van der Waals surface area (Å²) >= 11 is 0. The van der Waals surface area contributed by atoms with Gasteiger partial charge in [-0.15, -0.1) is 0 Å². The summed E-state index contributed by atoms with van der Waals surface area (Å²) < 4.78 is 0. The average molecular weight is 210 g/mol. The van der Waals surface area contributed by atoms with Gasteiger partial charge in [-0.05, 0) is 12.0 Å². The zero-order valence-electron chi connectivity index (χ0n) is 8.74. The number of pyridine rings is 1. The molecule has 0 spiro atoms. The van der Waals surface area contributed by atoms with Crippen LogP contribution >= 0.6 is 0 Å². The number of nitrogens with one attached hydrogen (secondary N) is 2. The number of aromatic nitrogens is 1. The van der Waals surface area contributed by atoms with Crippen molar-refractivity contribution >= 4 is 5.91 Å². The van der Waals surface area contributed by atoms with Gasteiger partial charge in [-0.3, -0.25) is 14.4 Å². The Kier molecular flexibility index (Phi) is 4.05. The average Bonchev–Trinajstić information content (AvgIpc) is 2.17. The molecule has 1 heterocycles. The van der Waals surface area contributed by atoms with Gasteiger partial charge in [-0.2, -0.15) is 0 Å². The lowest BCUT2D eigenvalue weighted by Gasteiger charge is -2.07. The van der Waals surface area contributed by atoms with Crippen molar-refractivity contribution in [1.82, 2.24) is 10.5 Å². The Morgan fingerprint density at radius 1 is 1.53 bits per heavy atom. The van der Waals surface area contributed by atoms with Gasteiger partial charge in [0, 0.05) is 6.07 Å². The molecule has 5 nitrogen and oxygen atoms in total. The largest absolute Gasteiger partial charge is 0.318 e. The van der Waals surface area contributed by atoms with E-state index in [2.05, 4.69) is 10.5 Å². The lowest BCUT2D eigenvalue weighted by atomic mass is 10.2. The van der Waals surface area contributed by atoms with Gasteiger partial charge >= 0.3 is 0 Å². The van der Waals surface area contributed by atoms with E-state index in [1.54, 1.807) is 0 Å². The topological polar surface area (TPSA) is 71.2 Å². The molecule has 15 heavy (non-hydrogen) atoms. The van der Waals surface area contributed by atoms with Gasteiger partial charge in [0.15, 0.2) is 0 Å². The van der Waals surface area contributed by atoms with Crippen molar-refractivity contribution in [1.29, 1.82) is 0 Å². The molecule has 1 aromatic heterocycles. The Hall–Kier alpha value is -1.62. The molecule has 2 N–H and O–H groups in total. The third-order valence-corrected chi connectivity index (χ3v) is 1.59. The maximum Gasteiger partial charge on any atom is 0.291 e. The van der Waals surface area contributed by atoms with E-state index in [0.717, 1.165) is 0 Å². The van der Waals surface area contributed by atoms with Crippen molar-refractivity contribution in [2.24, 2.45) is 5.92 Å². The number of amides is 1. The van der Waals surface area contributed by atoms with E-state index < -0.39 is 5.91 Å². The van der Waals surface area contributed by atoms with E-state index in [9.17, 15) is 9.59 Å². The predicted octanol–water partition coefficient (Wildman–Crippen LogP) is 0.692. The number of carbonyl (C=O) groups excluding carboxylic acids is 1. The molecule has 82 valence electrons. The summed E-state index contributed by atoms with van der Waals surface area (Å²) in [6.45, 7) is 4.37. The normalized spacial score (nSPS) is 10.3. The summed E-state index contributed by atoms with van der Waals surface area (Å²) in [5, 5.41) is 0. The van der Waals surface area contributed by atoms with Crippen molar-refractivity contribution in [3.05, 3.63) is 34.2 Å². The quantitative estimate of drug-likeness (QED) is 0.718. The highest BCUT2D eigenvalue weighted by molar-refractivity contribution is 5.91. The van der Waals surface area contributed by atoms with Gasteiger partial charge in [-0.1, -0.05) is 19.9 Å². The monoisotopic (exact) mass is 210 g/mol. The molecule has 0 unspecified atom stereocenters. The van der Waals surface area contributed by atoms with Crippen LogP contribution in [-0.4, -0.2) is 17.5 Å². The minimum Gasteiger partial charge on any atom is -0.318 e. The smallest absolute Gasteiger partial charge is 0.291 e. The van der Waals surface area contributed by atoms with Crippen LogP contribution in [0.3, 0.4) is 0 Å². The molecule has 0 saturated carbocycles. The van der Waals surface area contributed by atoms with E-state index in [4.69, 9.17) is 4.84 Å². The van der Waals surface area contributed by atoms with Crippen molar-refractivity contribution < 1.29 is 9.63 Å². The molecule has 0 aromatic carbocycles. The van der Waals surface area contributed by atoms with E-state index in [1.807, 2.05) is 13.8 Å². The molecule has 0 fully saturated rings. The first-order chi connectivity index (χ1) is 7.09. The van der Waals surface area contributed by atoms with Crippen LogP contribution in [0.1, 0.15) is 24.3 Å². The van der Waals surface area contributed by atoms with Gasteiger partial charge in [0.05, 0.1) is 6.61 Å². The van der Waals surface area contributed by atoms with E-state index in [1.165, 1.54) is 18.2 Å². The summed E-state index contributed by atoms with van der Waals surface area (Å²) in [6, 6.07) is 4.36. The van der Waals surface area contributed by atoms with Crippen LogP contribution in [0.25, 0.3) is 0 Å². The van der Waals surface area contributed by atoms with E-state index >= 15 is 0 Å². The first-order valence-corrected chi connectivity index (χ1v) is 4.71. The predicted molar refractivity (Wildman–Crippen MR) is 55.3 cm³/mol. The molecule has 0 aliphatic rings. The zero-order chi connectivity index (χ0) is 11.3. The zero-order valence-corrected chi connectivity index (χ0v) is 8.74. The fourth-order valence-electron chi connectivity index (χ4n) is 0.909. The third kappa shape index (κ3) is 3.95. The number of hydrogen-bond donors (Lipinski definition) is 2. The van der Waals surface area contributed by atoms with E-state index in [-0.39, 0.29) is 11.3 Å². The Balaban J connectivity index is 2.51. The van der Waals surface area contributed by atoms with Crippen LogP contribution in [0.15, 0.2) is 23.0 Å². The summed E-state index contributed by atoms with van der Waals surface area (Å²) in [6.07, 6.45) is 0. The number of hydroxylamine groups is 1. The Bertz CT molecular complexity index is 384. The van der Waals surface area contributed by atoms with Crippen LogP contribution in [0.2, 0.25) is 0 Å². The second-order valence-electron chi connectivity index (χ2n) is 3.56. The first kappa shape index (κ1) is 11.5. The maximum atomic E-state index is 11.4. The van der Waals surface area contributed by atoms with Gasteiger partial charge in [0.2, 0.25) is 5.56 Å². The lowest BCUT2D eigenvalue weighted by Crippen LogP contribution is -2.27. The number of rotatable bonds is 4. The number of carbonyl (C=O) groups is 1. The Morgan fingerprint density at radius 3 is 2.87 bits per heavy atom. The first-order valence-electron chi connectivity index (χ1n) is 4.71. The second-order valence-corrected chi connectivity index (χ2v) is 3.56. The number of H-pyrrole nitrogens is 1. The van der Waals surface area contributed by atoms with Crippen LogP contribution in [0.4, 0.5) is 0 Å². The van der Waals surface area contributed by atoms with E-state index in [0.29, 0.717) is 12.5 Å². The highest BCUT2D eigenvalue weighted by Gasteiger charge is 2.05. The molecule has 1 amide bonds. The van der Waals surface area contributed by atoms with Crippen molar-refractivity contribution in [2.75, 3.05) is 6.61 Å². The fourth-order valence-corrected chi connectivity index (χ4v) is 0.909. The van der Waals surface area contributed by atoms with Gasteiger partial charge in [0.1, 0.15) is 5.69 Å². The molecule has 1 aromatic rings. The molecular weight excluding hydrogens is 196 g/mol. The summed E-state index contributed by atoms with van der Waals surface area (Å²) in [5.74, 6) is -0.117. The van der Waals surface area contributed by atoms with Crippen LogP contribution < -0.4 is 11.0 Å². The van der Waals surface area contributed by atoms with Crippen molar-refractivity contribution in [3.8, 4) is 0 Å². The molecule has 0 radical (unpaired) electrons. The molecule has 5 heteroatoms. The molecule has 0 aliphatic heterocycles. The highest BCUT2D eigenvalue weighted by atomic mass is 16.6. The Morgan fingerprint density at radius 2 is 2.27 bits per heavy atom. The standard InChI is InChI=1S/C10H14N2O3/c1-7(2)6-15-12-10(14)8-4-3-5-9(13)11-8/h3-5,7H,6H2,1-2H3,(H,11,13)(H,12,14). The third-order valence-electron chi connectivity index (χ3n) is 1.59. The number of aromatic amines is 1. The summed E-state index contributed by atoms with van der Waals surface area (Å²) in [5.41, 5.74) is 2.12. The molecule has 0 atom stereocenters. The van der Waals surface area contributed by atoms with Crippen LogP contribution in [0, 0.1) is 5.92 Å². The van der Waals surface area contributed by atoms with Crippen LogP contribution in [-0.2, 0) is 4.84 Å². The van der Waals surface area contributed by atoms with Gasteiger partial charge < -0.3 is 4.98 Å². The molecule has 0 aliphatic carbocycles. The van der Waals surface area contributed by atoms with Gasteiger partial charge in [-0.25, -0.2) is 5.48 Å². The van der Waals surface area contributed by atoms with Gasteiger partial charge in [0.25, 0.3) is 5.91 Å². The SMILES string of the molecule is CC(C)CONC(=O)c1cccc(=O)[nH]1. The Labute approximate surface area is 87.4 Å². The van der Waals surface area contributed by atoms with Crippen molar-refractivity contribution in [3.63, 3.8) is 0 Å². The fraction of sp³-hybridized carbons (Fsp3) is 0.400. The second kappa shape index (κ2) is 5.31. The van der Waals surface area contributed by atoms with Crippen molar-refractivity contribution in [2.45, 2.75) is 13.8 Å². The maximum absolute atomic E-state index is 11.4. The molecule has 0 saturated heterocycles. The minimum absolute atomic E-state index is 0.186.